The maximum atomic E-state index is 12.5. The van der Waals surface area contributed by atoms with E-state index in [4.69, 9.17) is 5.73 Å². The van der Waals surface area contributed by atoms with E-state index in [1.165, 1.54) is 0 Å². The van der Waals surface area contributed by atoms with E-state index in [1.54, 1.807) is 0 Å². The molecule has 0 saturated heterocycles. The summed E-state index contributed by atoms with van der Waals surface area (Å²) in [5.74, 6) is 0.160. The summed E-state index contributed by atoms with van der Waals surface area (Å²) >= 11 is 0. The van der Waals surface area contributed by atoms with Crippen molar-refractivity contribution in [3.63, 3.8) is 0 Å². The van der Waals surface area contributed by atoms with Crippen LogP contribution in [-0.2, 0) is 4.79 Å². The molecule has 3 nitrogen and oxygen atoms in total. The van der Waals surface area contributed by atoms with Crippen molar-refractivity contribution in [2.75, 3.05) is 0 Å². The summed E-state index contributed by atoms with van der Waals surface area (Å²) in [6, 6.07) is 0.0192. The van der Waals surface area contributed by atoms with E-state index in [9.17, 15) is 4.79 Å². The van der Waals surface area contributed by atoms with Gasteiger partial charge >= 0.3 is 0 Å². The van der Waals surface area contributed by atoms with E-state index < -0.39 is 0 Å². The highest BCUT2D eigenvalue weighted by Gasteiger charge is 2.44. The third-order valence-electron chi connectivity index (χ3n) is 4.96. The fourth-order valence-electron chi connectivity index (χ4n) is 2.87. The molecule has 0 spiro atoms. The summed E-state index contributed by atoms with van der Waals surface area (Å²) < 4.78 is 0. The van der Waals surface area contributed by atoms with Crippen LogP contribution < -0.4 is 11.1 Å². The zero-order chi connectivity index (χ0) is 13.1. The molecule has 1 saturated carbocycles. The topological polar surface area (TPSA) is 55.1 Å². The molecule has 0 bridgehead atoms. The van der Waals surface area contributed by atoms with Gasteiger partial charge in [-0.3, -0.25) is 4.79 Å². The molecule has 1 fully saturated rings. The number of hydrogen-bond acceptors (Lipinski definition) is 2. The number of amides is 1. The lowest BCUT2D eigenvalue weighted by atomic mass is 9.81. The Kier molecular flexibility index (Phi) is 4.59. The van der Waals surface area contributed by atoms with Crippen LogP contribution in [-0.4, -0.2) is 17.5 Å². The van der Waals surface area contributed by atoms with Crippen molar-refractivity contribution in [1.29, 1.82) is 0 Å². The zero-order valence-electron chi connectivity index (χ0n) is 11.8. The lowest BCUT2D eigenvalue weighted by molar-refractivity contribution is -0.132. The molecule has 1 aliphatic rings. The van der Waals surface area contributed by atoms with E-state index in [0.717, 1.165) is 38.5 Å². The van der Waals surface area contributed by atoms with Gasteiger partial charge in [0.05, 0.1) is 5.41 Å². The van der Waals surface area contributed by atoms with Crippen molar-refractivity contribution in [3.8, 4) is 0 Å². The van der Waals surface area contributed by atoms with Gasteiger partial charge in [0, 0.05) is 11.6 Å². The van der Waals surface area contributed by atoms with Gasteiger partial charge in [0.15, 0.2) is 0 Å². The minimum absolute atomic E-state index is 0.0192. The average Bonchev–Trinajstić information content (AvgIpc) is 2.68. The van der Waals surface area contributed by atoms with E-state index in [2.05, 4.69) is 26.1 Å². The summed E-state index contributed by atoms with van der Waals surface area (Å²) in [5, 5.41) is 3.27. The summed E-state index contributed by atoms with van der Waals surface area (Å²) in [6.07, 6.45) is 5.92. The standard InChI is InChI=1S/C14H28N2O/c1-5-14(6-2,7-3)16-12(17)13(4)10-8-9-11(13)15/h11H,5-10,15H2,1-4H3,(H,16,17). The van der Waals surface area contributed by atoms with Gasteiger partial charge < -0.3 is 11.1 Å². The molecule has 0 heterocycles. The molecule has 1 amide bonds. The smallest absolute Gasteiger partial charge is 0.227 e. The second-order valence-corrected chi connectivity index (χ2v) is 5.71. The van der Waals surface area contributed by atoms with Gasteiger partial charge in [0.25, 0.3) is 0 Å². The van der Waals surface area contributed by atoms with Crippen LogP contribution in [0.3, 0.4) is 0 Å². The van der Waals surface area contributed by atoms with Gasteiger partial charge in [-0.15, -0.1) is 0 Å². The highest BCUT2D eigenvalue weighted by Crippen LogP contribution is 2.37. The summed E-state index contributed by atoms with van der Waals surface area (Å²) in [7, 11) is 0. The van der Waals surface area contributed by atoms with Crippen molar-refractivity contribution < 1.29 is 4.79 Å². The average molecular weight is 240 g/mol. The first-order valence-corrected chi connectivity index (χ1v) is 7.02. The third-order valence-corrected chi connectivity index (χ3v) is 4.96. The normalized spacial score (nSPS) is 29.4. The Morgan fingerprint density at radius 1 is 1.35 bits per heavy atom. The second-order valence-electron chi connectivity index (χ2n) is 5.71. The minimum atomic E-state index is -0.356. The predicted octanol–water partition coefficient (Wildman–Crippen LogP) is 2.59. The molecule has 3 N–H and O–H groups in total. The van der Waals surface area contributed by atoms with Crippen LogP contribution in [0.1, 0.15) is 66.2 Å². The van der Waals surface area contributed by atoms with Crippen LogP contribution in [0.25, 0.3) is 0 Å². The van der Waals surface area contributed by atoms with E-state index in [0.29, 0.717) is 0 Å². The number of nitrogens with two attached hydrogens (primary N) is 1. The van der Waals surface area contributed by atoms with E-state index in [-0.39, 0.29) is 22.9 Å². The fourth-order valence-corrected chi connectivity index (χ4v) is 2.87. The molecule has 0 radical (unpaired) electrons. The lowest BCUT2D eigenvalue weighted by Gasteiger charge is -2.37. The molecule has 3 heteroatoms. The second kappa shape index (κ2) is 5.38. The molecule has 17 heavy (non-hydrogen) atoms. The largest absolute Gasteiger partial charge is 0.350 e. The summed E-state index contributed by atoms with van der Waals surface area (Å²) in [5.41, 5.74) is 5.70. The van der Waals surface area contributed by atoms with Crippen LogP contribution in [0.4, 0.5) is 0 Å². The lowest BCUT2D eigenvalue weighted by Crippen LogP contribution is -2.55. The van der Waals surface area contributed by atoms with Crippen LogP contribution >= 0.6 is 0 Å². The maximum Gasteiger partial charge on any atom is 0.227 e. The highest BCUT2D eigenvalue weighted by atomic mass is 16.2. The molecule has 0 aliphatic heterocycles. The molecule has 2 atom stereocenters. The number of hydrogen-bond donors (Lipinski definition) is 2. The van der Waals surface area contributed by atoms with Gasteiger partial charge in [-0.2, -0.15) is 0 Å². The van der Waals surface area contributed by atoms with Gasteiger partial charge in [-0.05, 0) is 39.0 Å². The van der Waals surface area contributed by atoms with Crippen LogP contribution in [0.5, 0.6) is 0 Å². The van der Waals surface area contributed by atoms with Crippen LogP contribution in [0.2, 0.25) is 0 Å². The maximum absolute atomic E-state index is 12.5. The molecule has 100 valence electrons. The first kappa shape index (κ1) is 14.5. The predicted molar refractivity (Wildman–Crippen MR) is 71.7 cm³/mol. The quantitative estimate of drug-likeness (QED) is 0.776. The Morgan fingerprint density at radius 3 is 2.24 bits per heavy atom. The molecule has 2 unspecified atom stereocenters. The SMILES string of the molecule is CCC(CC)(CC)NC(=O)C1(C)CCCC1N. The van der Waals surface area contributed by atoms with Gasteiger partial charge in [0.2, 0.25) is 5.91 Å². The van der Waals surface area contributed by atoms with Crippen molar-refractivity contribution in [1.82, 2.24) is 5.32 Å². The van der Waals surface area contributed by atoms with E-state index >= 15 is 0 Å². The Morgan fingerprint density at radius 2 is 1.88 bits per heavy atom. The van der Waals surface area contributed by atoms with Crippen molar-refractivity contribution in [3.05, 3.63) is 0 Å². The zero-order valence-corrected chi connectivity index (χ0v) is 11.8. The van der Waals surface area contributed by atoms with Crippen LogP contribution in [0, 0.1) is 5.41 Å². The Bertz CT molecular complexity index is 265. The first-order chi connectivity index (χ1) is 7.94. The van der Waals surface area contributed by atoms with Gasteiger partial charge in [-0.1, -0.05) is 27.2 Å². The molecular weight excluding hydrogens is 212 g/mol. The van der Waals surface area contributed by atoms with Gasteiger partial charge in [-0.25, -0.2) is 0 Å². The summed E-state index contributed by atoms with van der Waals surface area (Å²) in [6.45, 7) is 8.45. The Labute approximate surface area is 106 Å². The van der Waals surface area contributed by atoms with Crippen molar-refractivity contribution in [2.45, 2.75) is 77.8 Å². The van der Waals surface area contributed by atoms with E-state index in [1.807, 2.05) is 6.92 Å². The fraction of sp³-hybridized carbons (Fsp3) is 0.929. The highest BCUT2D eigenvalue weighted by molar-refractivity contribution is 5.84. The number of carbonyl (C=O) groups is 1. The molecule has 1 aliphatic carbocycles. The monoisotopic (exact) mass is 240 g/mol. The van der Waals surface area contributed by atoms with Crippen molar-refractivity contribution in [2.24, 2.45) is 11.1 Å². The first-order valence-electron chi connectivity index (χ1n) is 7.02. The van der Waals surface area contributed by atoms with Crippen LogP contribution in [0.15, 0.2) is 0 Å². The molecule has 0 aromatic carbocycles. The van der Waals surface area contributed by atoms with Crippen molar-refractivity contribution >= 4 is 5.91 Å². The Balaban J connectivity index is 2.77. The number of rotatable bonds is 5. The third kappa shape index (κ3) is 2.65. The van der Waals surface area contributed by atoms with Gasteiger partial charge in [0.1, 0.15) is 0 Å². The molecular formula is C14H28N2O. The molecule has 0 aromatic rings. The number of carbonyl (C=O) groups excluding carboxylic acids is 1. The number of nitrogens with one attached hydrogen (secondary N) is 1. The molecule has 0 aromatic heterocycles. The minimum Gasteiger partial charge on any atom is -0.350 e. The molecule has 1 rings (SSSR count). The summed E-state index contributed by atoms with van der Waals surface area (Å²) in [4.78, 5) is 12.5. The Hall–Kier alpha value is -0.570.